The lowest BCUT2D eigenvalue weighted by Crippen LogP contribution is -2.47. The molecule has 0 aromatic heterocycles. The molecule has 3 nitrogen and oxygen atoms in total. The van der Waals surface area contributed by atoms with Gasteiger partial charge in [0, 0.05) is 13.6 Å². The summed E-state index contributed by atoms with van der Waals surface area (Å²) in [5.74, 6) is 0.121. The molecule has 1 heterocycles. The van der Waals surface area contributed by atoms with Crippen LogP contribution in [0.3, 0.4) is 0 Å². The fraction of sp³-hybridized carbons (Fsp3) is 0.500. The molecule has 0 saturated carbocycles. The highest BCUT2D eigenvalue weighted by molar-refractivity contribution is 6.42. The first-order valence-electron chi connectivity index (χ1n) is 6.51. The second kappa shape index (κ2) is 8.08. The molecule has 0 bridgehead atoms. The van der Waals surface area contributed by atoms with Crippen LogP contribution in [0, 0.1) is 0 Å². The number of halogens is 3. The van der Waals surface area contributed by atoms with Crippen molar-refractivity contribution in [1.82, 2.24) is 10.2 Å². The van der Waals surface area contributed by atoms with Crippen LogP contribution in [0.4, 0.5) is 0 Å². The summed E-state index contributed by atoms with van der Waals surface area (Å²) in [6.45, 7) is 1.40. The van der Waals surface area contributed by atoms with E-state index in [1.165, 1.54) is 0 Å². The van der Waals surface area contributed by atoms with Crippen molar-refractivity contribution >= 4 is 41.5 Å². The van der Waals surface area contributed by atoms with Crippen LogP contribution in [0.15, 0.2) is 18.2 Å². The summed E-state index contributed by atoms with van der Waals surface area (Å²) < 4.78 is 0. The van der Waals surface area contributed by atoms with Gasteiger partial charge in [0.25, 0.3) is 0 Å². The predicted molar refractivity (Wildman–Crippen MR) is 85.8 cm³/mol. The van der Waals surface area contributed by atoms with Gasteiger partial charge in [-0.1, -0.05) is 41.8 Å². The first-order chi connectivity index (χ1) is 9.09. The average Bonchev–Trinajstić information content (AvgIpc) is 2.44. The minimum absolute atomic E-state index is 0. The van der Waals surface area contributed by atoms with Gasteiger partial charge in [0.05, 0.1) is 16.1 Å². The summed E-state index contributed by atoms with van der Waals surface area (Å²) >= 11 is 12.1. The smallest absolute Gasteiger partial charge is 0.239 e. The minimum atomic E-state index is -0.0586. The van der Waals surface area contributed by atoms with Crippen LogP contribution < -0.4 is 5.32 Å². The number of hydrogen-bond donors (Lipinski definition) is 1. The molecule has 1 N–H and O–H groups in total. The number of piperidine rings is 1. The topological polar surface area (TPSA) is 32.3 Å². The number of hydrogen-bond acceptors (Lipinski definition) is 2. The first-order valence-corrected chi connectivity index (χ1v) is 7.26. The number of carbonyl (C=O) groups excluding carboxylic acids is 1. The quantitative estimate of drug-likeness (QED) is 0.915. The highest BCUT2D eigenvalue weighted by Crippen LogP contribution is 2.26. The Labute approximate surface area is 136 Å². The summed E-state index contributed by atoms with van der Waals surface area (Å²) in [6, 6.07) is 5.43. The van der Waals surface area contributed by atoms with Crippen molar-refractivity contribution < 1.29 is 4.79 Å². The molecule has 0 unspecified atom stereocenters. The minimum Gasteiger partial charge on any atom is -0.340 e. The van der Waals surface area contributed by atoms with Crippen molar-refractivity contribution in [3.8, 4) is 0 Å². The molecule has 1 saturated heterocycles. The summed E-state index contributed by atoms with van der Waals surface area (Å²) in [6.07, 6.45) is 3.16. The second-order valence-corrected chi connectivity index (χ2v) is 5.69. The number of likely N-dealkylation sites (N-methyl/N-ethyl adjacent to an activating group) is 1. The maximum atomic E-state index is 12.3. The van der Waals surface area contributed by atoms with Crippen LogP contribution in [0.5, 0.6) is 0 Å². The van der Waals surface area contributed by atoms with Crippen LogP contribution in [-0.4, -0.2) is 30.4 Å². The highest BCUT2D eigenvalue weighted by atomic mass is 35.5. The van der Waals surface area contributed by atoms with E-state index in [0.29, 0.717) is 16.6 Å². The highest BCUT2D eigenvalue weighted by Gasteiger charge is 2.24. The van der Waals surface area contributed by atoms with E-state index in [4.69, 9.17) is 23.2 Å². The number of rotatable bonds is 3. The Morgan fingerprint density at radius 3 is 2.80 bits per heavy atom. The monoisotopic (exact) mass is 336 g/mol. The van der Waals surface area contributed by atoms with Crippen LogP contribution >= 0.6 is 35.6 Å². The van der Waals surface area contributed by atoms with E-state index in [-0.39, 0.29) is 24.4 Å². The van der Waals surface area contributed by atoms with Gasteiger partial charge in [0.2, 0.25) is 5.91 Å². The summed E-state index contributed by atoms with van der Waals surface area (Å²) in [5, 5.41) is 4.31. The normalized spacial score (nSPS) is 18.2. The number of benzene rings is 1. The van der Waals surface area contributed by atoms with Crippen molar-refractivity contribution in [3.63, 3.8) is 0 Å². The fourth-order valence-corrected chi connectivity index (χ4v) is 2.71. The fourth-order valence-electron chi connectivity index (χ4n) is 2.33. The molecule has 112 valence electrons. The Bertz CT molecular complexity index is 462. The summed E-state index contributed by atoms with van der Waals surface area (Å²) in [4.78, 5) is 14.0. The molecular weight excluding hydrogens is 319 g/mol. The van der Waals surface area contributed by atoms with Gasteiger partial charge in [-0.05, 0) is 31.0 Å². The van der Waals surface area contributed by atoms with Crippen molar-refractivity contribution in [2.24, 2.45) is 0 Å². The van der Waals surface area contributed by atoms with E-state index in [9.17, 15) is 4.79 Å². The molecule has 6 heteroatoms. The van der Waals surface area contributed by atoms with E-state index < -0.39 is 0 Å². The van der Waals surface area contributed by atoms with Crippen molar-refractivity contribution in [2.45, 2.75) is 31.8 Å². The maximum absolute atomic E-state index is 12.3. The van der Waals surface area contributed by atoms with Crippen LogP contribution in [-0.2, 0) is 11.3 Å². The third kappa shape index (κ3) is 4.26. The molecular formula is C14H19Cl3N2O. The largest absolute Gasteiger partial charge is 0.340 e. The molecule has 2 rings (SSSR count). The van der Waals surface area contributed by atoms with Crippen molar-refractivity contribution in [2.75, 3.05) is 13.6 Å². The lowest BCUT2D eigenvalue weighted by molar-refractivity contribution is -0.133. The molecule has 0 spiro atoms. The molecule has 1 aromatic rings. The number of nitrogens with zero attached hydrogens (tertiary/aromatic N) is 1. The van der Waals surface area contributed by atoms with E-state index in [2.05, 4.69) is 5.32 Å². The summed E-state index contributed by atoms with van der Waals surface area (Å²) in [5.41, 5.74) is 0.876. The second-order valence-electron chi connectivity index (χ2n) is 4.91. The lowest BCUT2D eigenvalue weighted by atomic mass is 10.0. The van der Waals surface area contributed by atoms with Crippen LogP contribution in [0.2, 0.25) is 10.0 Å². The molecule has 1 aromatic carbocycles. The Hall–Kier alpha value is -0.480. The van der Waals surface area contributed by atoms with Gasteiger partial charge in [0.15, 0.2) is 0 Å². The van der Waals surface area contributed by atoms with E-state index in [1.807, 2.05) is 12.1 Å². The van der Waals surface area contributed by atoms with Crippen molar-refractivity contribution in [3.05, 3.63) is 33.8 Å². The third-order valence-electron chi connectivity index (χ3n) is 3.42. The SMILES string of the molecule is CN(Cc1cccc(Cl)c1Cl)C(=O)[C@@H]1CCCCN1.Cl. The molecule has 1 amide bonds. The Kier molecular flexibility index (Phi) is 7.10. The van der Waals surface area contributed by atoms with Gasteiger partial charge in [-0.25, -0.2) is 0 Å². The molecule has 1 fully saturated rings. The van der Waals surface area contributed by atoms with Crippen LogP contribution in [0.25, 0.3) is 0 Å². The zero-order chi connectivity index (χ0) is 13.8. The number of amides is 1. The number of nitrogens with one attached hydrogen (secondary N) is 1. The molecule has 1 atom stereocenters. The van der Waals surface area contributed by atoms with E-state index in [1.54, 1.807) is 18.0 Å². The third-order valence-corrected chi connectivity index (χ3v) is 4.28. The first kappa shape index (κ1) is 17.6. The Balaban J connectivity index is 0.00000200. The lowest BCUT2D eigenvalue weighted by Gasteiger charge is -2.27. The predicted octanol–water partition coefficient (Wildman–Crippen LogP) is 3.52. The van der Waals surface area contributed by atoms with Gasteiger partial charge in [-0.15, -0.1) is 12.4 Å². The Morgan fingerprint density at radius 1 is 1.40 bits per heavy atom. The van der Waals surface area contributed by atoms with Gasteiger partial charge in [-0.2, -0.15) is 0 Å². The molecule has 1 aliphatic rings. The maximum Gasteiger partial charge on any atom is 0.239 e. The van der Waals surface area contributed by atoms with Crippen LogP contribution in [0.1, 0.15) is 24.8 Å². The van der Waals surface area contributed by atoms with E-state index >= 15 is 0 Å². The zero-order valence-corrected chi connectivity index (χ0v) is 13.7. The molecule has 0 aliphatic carbocycles. The van der Waals surface area contributed by atoms with Gasteiger partial charge < -0.3 is 10.2 Å². The molecule has 0 radical (unpaired) electrons. The summed E-state index contributed by atoms with van der Waals surface area (Å²) in [7, 11) is 1.80. The van der Waals surface area contributed by atoms with Crippen molar-refractivity contribution in [1.29, 1.82) is 0 Å². The van der Waals surface area contributed by atoms with Gasteiger partial charge in [-0.3, -0.25) is 4.79 Å². The Morgan fingerprint density at radius 2 is 2.15 bits per heavy atom. The van der Waals surface area contributed by atoms with Gasteiger partial charge in [0.1, 0.15) is 0 Å². The van der Waals surface area contributed by atoms with E-state index in [0.717, 1.165) is 31.4 Å². The van der Waals surface area contributed by atoms with Gasteiger partial charge >= 0.3 is 0 Å². The number of carbonyl (C=O) groups is 1. The average molecular weight is 338 g/mol. The molecule has 1 aliphatic heterocycles. The zero-order valence-electron chi connectivity index (χ0n) is 11.4. The molecule has 20 heavy (non-hydrogen) atoms. The standard InChI is InChI=1S/C14H18Cl2N2O.ClH/c1-18(14(19)12-7-2-3-8-17-12)9-10-5-4-6-11(15)13(10)16;/h4-6,12,17H,2-3,7-9H2,1H3;1H/t12-;/m0./s1.